The monoisotopic (exact) mass is 984 g/mol. The molecule has 0 bridgehead atoms. The number of halogens is 3. The number of ketones is 1. The topological polar surface area (TPSA) is 138 Å². The van der Waals surface area contributed by atoms with Crippen molar-refractivity contribution in [3.63, 3.8) is 0 Å². The van der Waals surface area contributed by atoms with Crippen LogP contribution in [0.5, 0.6) is 17.2 Å². The summed E-state index contributed by atoms with van der Waals surface area (Å²) in [6.45, 7) is 4.23. The van der Waals surface area contributed by atoms with Gasteiger partial charge in [-0.1, -0.05) is 59.6 Å². The zero-order valence-electron chi connectivity index (χ0n) is 38.9. The Kier molecular flexibility index (Phi) is 16.6. The molecule has 1 aromatic heterocycles. The summed E-state index contributed by atoms with van der Waals surface area (Å²) in [5, 5.41) is 11.6. The van der Waals surface area contributed by atoms with E-state index in [0.717, 1.165) is 47.8 Å². The van der Waals surface area contributed by atoms with E-state index in [-0.39, 0.29) is 50.9 Å². The van der Waals surface area contributed by atoms with Crippen LogP contribution in [0.15, 0.2) is 97.2 Å². The largest absolute Gasteiger partial charge is 0.493 e. The van der Waals surface area contributed by atoms with Crippen molar-refractivity contribution in [2.45, 2.75) is 70.1 Å². The molecule has 3 aliphatic heterocycles. The average molecular weight is 986 g/mol. The van der Waals surface area contributed by atoms with E-state index in [2.05, 4.69) is 9.47 Å². The van der Waals surface area contributed by atoms with Gasteiger partial charge in [0, 0.05) is 73.2 Å². The summed E-state index contributed by atoms with van der Waals surface area (Å²) in [6.07, 6.45) is 4.13. The fourth-order valence-electron chi connectivity index (χ4n) is 9.62. The fourth-order valence-corrected chi connectivity index (χ4v) is 9.91. The average Bonchev–Trinajstić information content (AvgIpc) is 4.10. The zero-order chi connectivity index (χ0) is 47.4. The first-order valence-electron chi connectivity index (χ1n) is 23.0. The van der Waals surface area contributed by atoms with Crippen LogP contribution in [-0.2, 0) is 45.7 Å². The van der Waals surface area contributed by atoms with Crippen molar-refractivity contribution in [3.05, 3.63) is 130 Å². The lowest BCUT2D eigenvalue weighted by molar-refractivity contribution is -0.148. The van der Waals surface area contributed by atoms with E-state index >= 15 is 4.79 Å². The van der Waals surface area contributed by atoms with Gasteiger partial charge >= 0.3 is 0 Å². The molecule has 68 heavy (non-hydrogen) atoms. The van der Waals surface area contributed by atoms with Crippen LogP contribution in [0, 0.1) is 11.8 Å². The number of hydrogen-bond acceptors (Lipinski definition) is 9. The minimum atomic E-state index is -1.09. The van der Waals surface area contributed by atoms with E-state index in [4.69, 9.17) is 37.7 Å². The Morgan fingerprint density at radius 1 is 0.824 bits per heavy atom. The van der Waals surface area contributed by atoms with Gasteiger partial charge in [0.15, 0.2) is 5.78 Å². The normalized spacial score (nSPS) is 21.9. The third-order valence-corrected chi connectivity index (χ3v) is 14.2. The number of aliphatic hydroxyl groups is 1. The lowest BCUT2D eigenvalue weighted by Gasteiger charge is -2.37. The molecule has 4 heterocycles. The number of aliphatic hydroxyl groups excluding tert-OH is 1. The zero-order valence-corrected chi connectivity index (χ0v) is 41.2. The van der Waals surface area contributed by atoms with Crippen molar-refractivity contribution in [1.29, 1.82) is 0 Å². The molecule has 3 amide bonds. The van der Waals surface area contributed by atoms with Gasteiger partial charge in [0.05, 0.1) is 62.1 Å². The van der Waals surface area contributed by atoms with Crippen LogP contribution in [0.25, 0.3) is 11.3 Å². The van der Waals surface area contributed by atoms with Gasteiger partial charge in [0.25, 0.3) is 0 Å². The van der Waals surface area contributed by atoms with Gasteiger partial charge in [0.2, 0.25) is 17.7 Å². The number of ether oxygens (including phenoxy) is 2. The summed E-state index contributed by atoms with van der Waals surface area (Å²) < 4.78 is 14.7. The Morgan fingerprint density at radius 2 is 1.53 bits per heavy atom. The number of Topliss-reactive ketones (excluding diaryl/α,β-unsaturated/α-hetero) is 1. The Labute approximate surface area is 414 Å². The summed E-state index contributed by atoms with van der Waals surface area (Å²) in [5.74, 6) is -1.49. The molecule has 0 spiro atoms. The second-order valence-electron chi connectivity index (χ2n) is 18.1. The van der Waals surface area contributed by atoms with Crippen LogP contribution < -0.4 is 9.47 Å². The highest BCUT2D eigenvalue weighted by atomic mass is 35.5. The molecule has 16 heteroatoms. The molecule has 3 aliphatic rings. The smallest absolute Gasteiger partial charge is 0.228 e. The first-order chi connectivity index (χ1) is 32.3. The number of carbonyl (C=O) groups excluding carboxylic acids is 4. The van der Waals surface area contributed by atoms with Gasteiger partial charge < -0.3 is 33.8 Å². The van der Waals surface area contributed by atoms with Crippen LogP contribution in [0.4, 0.5) is 0 Å². The van der Waals surface area contributed by atoms with Crippen molar-refractivity contribution in [2.75, 3.05) is 46.9 Å². The molecule has 1 N–H and O–H groups in total. The highest BCUT2D eigenvalue weighted by Crippen LogP contribution is 2.41. The van der Waals surface area contributed by atoms with Crippen LogP contribution >= 0.6 is 35.6 Å². The number of hydrogen-bond donors (Lipinski definition) is 1. The summed E-state index contributed by atoms with van der Waals surface area (Å²) in [5.41, 5.74) is 4.22. The van der Waals surface area contributed by atoms with E-state index in [9.17, 15) is 19.5 Å². The SMILES string of the molecule is C[C@H]1C(=O)C[C@@H](CO)C(=O)N(C)[C@H](Cc2ccc(Cl)cc2)CN(C)C(=O)[C@H]([C@H]2COc3ccccc32)CC(=O)N1Cc1ccc(Cl)cc1Oc1ccc(-c2cnc(CN3CCCC3)n2C)cc1.Cl. The third-order valence-electron chi connectivity index (χ3n) is 13.7. The number of benzene rings is 4. The number of imidazole rings is 1. The Bertz CT molecular complexity index is 2580. The van der Waals surface area contributed by atoms with E-state index in [0.29, 0.717) is 39.3 Å². The van der Waals surface area contributed by atoms with Crippen LogP contribution in [-0.4, -0.2) is 117 Å². The van der Waals surface area contributed by atoms with E-state index in [1.165, 1.54) is 22.6 Å². The fraction of sp³-hybridized carbons (Fsp3) is 0.404. The maximum absolute atomic E-state index is 15.1. The lowest BCUT2D eigenvalue weighted by atomic mass is 9.83. The van der Waals surface area contributed by atoms with E-state index in [1.807, 2.05) is 73.9 Å². The predicted molar refractivity (Wildman–Crippen MR) is 264 cm³/mol. The van der Waals surface area contributed by atoms with Gasteiger partial charge in [-0.05, 0) is 99.4 Å². The van der Waals surface area contributed by atoms with Gasteiger partial charge in [0.1, 0.15) is 23.1 Å². The molecule has 0 radical (unpaired) electrons. The number of amides is 3. The lowest BCUT2D eigenvalue weighted by Crippen LogP contribution is -2.52. The number of aromatic nitrogens is 2. The van der Waals surface area contributed by atoms with Gasteiger partial charge in [-0.2, -0.15) is 0 Å². The molecule has 2 saturated heterocycles. The van der Waals surface area contributed by atoms with Gasteiger partial charge in [-0.3, -0.25) is 24.1 Å². The predicted octanol–water partition coefficient (Wildman–Crippen LogP) is 8.21. The van der Waals surface area contributed by atoms with Crippen molar-refractivity contribution in [2.24, 2.45) is 18.9 Å². The molecule has 0 aliphatic carbocycles. The Hall–Kier alpha value is -5.44. The quantitative estimate of drug-likeness (QED) is 0.139. The maximum atomic E-state index is 15.1. The number of likely N-dealkylation sites (N-methyl/N-ethyl adjacent to an activating group) is 2. The van der Waals surface area contributed by atoms with Crippen molar-refractivity contribution >= 4 is 59.1 Å². The Morgan fingerprint density at radius 3 is 2.25 bits per heavy atom. The molecule has 2 fully saturated rings. The number of likely N-dealkylation sites (tertiary alicyclic amines) is 1. The number of carbonyl (C=O) groups is 4. The second kappa shape index (κ2) is 22.3. The second-order valence-corrected chi connectivity index (χ2v) is 19.0. The molecule has 360 valence electrons. The molecule has 5 aromatic rings. The number of rotatable bonds is 11. The molecule has 5 atom stereocenters. The highest BCUT2D eigenvalue weighted by molar-refractivity contribution is 6.31. The Balaban J connectivity index is 0.00000684. The number of para-hydroxylation sites is 1. The van der Waals surface area contributed by atoms with E-state index < -0.39 is 54.0 Å². The van der Waals surface area contributed by atoms with Crippen molar-refractivity contribution in [3.8, 4) is 28.5 Å². The summed E-state index contributed by atoms with van der Waals surface area (Å²) in [6, 6.07) is 26.0. The minimum absolute atomic E-state index is 0. The summed E-state index contributed by atoms with van der Waals surface area (Å²) >= 11 is 12.8. The summed E-state index contributed by atoms with van der Waals surface area (Å²) in [4.78, 5) is 70.4. The highest BCUT2D eigenvalue weighted by Gasteiger charge is 2.42. The van der Waals surface area contributed by atoms with Gasteiger partial charge in [-0.15, -0.1) is 12.4 Å². The number of fused-ring (bicyclic) bond motifs is 1. The minimum Gasteiger partial charge on any atom is -0.493 e. The first kappa shape index (κ1) is 50.4. The standard InChI is InChI=1S/C52H58Cl2N6O7.ClH/c1-33-46(62)24-37(31-61)51(64)57(3)40(23-34-11-16-38(53)17-12-34)29-56(2)52(65)43(44-32-66-47-10-6-5-9-42(44)47)26-50(63)60(33)28-36-13-18-39(54)25-48(36)67-41-19-14-35(15-20-41)45-27-55-49(58(45)4)30-59-21-7-8-22-59;/h5-6,9-20,25,27,33,37,40,43-44,61H,7-8,21-24,26,28-32H2,1-4H3;1H/t33-,37-,40+,43-,44-;/m0./s1. The van der Waals surface area contributed by atoms with Crippen molar-refractivity contribution in [1.82, 2.24) is 29.2 Å². The first-order valence-corrected chi connectivity index (χ1v) is 23.7. The molecule has 0 saturated carbocycles. The van der Waals surface area contributed by atoms with Crippen LogP contribution in [0.1, 0.15) is 61.0 Å². The van der Waals surface area contributed by atoms with Crippen LogP contribution in [0.3, 0.4) is 0 Å². The summed E-state index contributed by atoms with van der Waals surface area (Å²) in [7, 11) is 5.35. The molecular formula is C52H59Cl3N6O7. The van der Waals surface area contributed by atoms with E-state index in [1.54, 1.807) is 56.3 Å². The molecule has 13 nitrogen and oxygen atoms in total. The molecular weight excluding hydrogens is 927 g/mol. The maximum Gasteiger partial charge on any atom is 0.228 e. The molecule has 8 rings (SSSR count). The molecule has 4 aromatic carbocycles. The van der Waals surface area contributed by atoms with Gasteiger partial charge in [-0.25, -0.2) is 4.98 Å². The number of nitrogens with zero attached hydrogens (tertiary/aromatic N) is 6. The van der Waals surface area contributed by atoms with Crippen LogP contribution in [0.2, 0.25) is 10.0 Å². The van der Waals surface area contributed by atoms with Crippen molar-refractivity contribution < 1.29 is 33.8 Å². The third kappa shape index (κ3) is 11.4. The molecule has 0 unspecified atom stereocenters.